The van der Waals surface area contributed by atoms with Crippen LogP contribution in [0.3, 0.4) is 0 Å². The van der Waals surface area contributed by atoms with Crippen LogP contribution >= 0.6 is 0 Å². The topological polar surface area (TPSA) is 73.6 Å². The SMILES string of the molecule is CCOc1c(CNC(=O)C2(N)CC2)cccc1OC. The van der Waals surface area contributed by atoms with E-state index in [0.29, 0.717) is 24.7 Å². The van der Waals surface area contributed by atoms with Crippen LogP contribution in [0.25, 0.3) is 0 Å². The van der Waals surface area contributed by atoms with E-state index in [0.717, 1.165) is 18.4 Å². The van der Waals surface area contributed by atoms with E-state index in [2.05, 4.69) is 5.32 Å². The summed E-state index contributed by atoms with van der Waals surface area (Å²) in [6, 6.07) is 5.61. The smallest absolute Gasteiger partial charge is 0.240 e. The van der Waals surface area contributed by atoms with E-state index in [4.69, 9.17) is 15.2 Å². The number of ether oxygens (including phenoxy) is 2. The normalized spacial score (nSPS) is 15.7. The molecule has 0 aliphatic heterocycles. The van der Waals surface area contributed by atoms with Crippen LogP contribution in [0, 0.1) is 0 Å². The lowest BCUT2D eigenvalue weighted by molar-refractivity contribution is -0.123. The fraction of sp³-hybridized carbons (Fsp3) is 0.500. The summed E-state index contributed by atoms with van der Waals surface area (Å²) in [5.74, 6) is 1.25. The van der Waals surface area contributed by atoms with Crippen molar-refractivity contribution >= 4 is 5.91 Å². The Hall–Kier alpha value is -1.75. The number of carbonyl (C=O) groups is 1. The highest BCUT2D eigenvalue weighted by molar-refractivity contribution is 5.88. The van der Waals surface area contributed by atoms with Crippen molar-refractivity contribution in [2.75, 3.05) is 13.7 Å². The molecule has 1 saturated carbocycles. The Kier molecular flexibility index (Phi) is 3.95. The summed E-state index contributed by atoms with van der Waals surface area (Å²) in [5, 5.41) is 2.85. The van der Waals surface area contributed by atoms with Gasteiger partial charge in [-0.3, -0.25) is 4.79 Å². The quantitative estimate of drug-likeness (QED) is 0.809. The number of nitrogens with two attached hydrogens (primary N) is 1. The first-order valence-corrected chi connectivity index (χ1v) is 6.46. The number of rotatable bonds is 6. The van der Waals surface area contributed by atoms with Gasteiger partial charge in [0.1, 0.15) is 0 Å². The first-order chi connectivity index (χ1) is 9.10. The molecule has 0 bridgehead atoms. The Morgan fingerprint density at radius 3 is 2.79 bits per heavy atom. The van der Waals surface area contributed by atoms with E-state index < -0.39 is 5.54 Å². The summed E-state index contributed by atoms with van der Waals surface area (Å²) in [4.78, 5) is 11.8. The molecule has 1 aliphatic rings. The van der Waals surface area contributed by atoms with Gasteiger partial charge in [-0.1, -0.05) is 12.1 Å². The van der Waals surface area contributed by atoms with Gasteiger partial charge in [-0.25, -0.2) is 0 Å². The fourth-order valence-electron chi connectivity index (χ4n) is 1.88. The van der Waals surface area contributed by atoms with E-state index in [1.165, 1.54) is 0 Å². The van der Waals surface area contributed by atoms with Gasteiger partial charge in [-0.05, 0) is 25.8 Å². The second-order valence-electron chi connectivity index (χ2n) is 4.72. The molecule has 0 saturated heterocycles. The van der Waals surface area contributed by atoms with Crippen molar-refractivity contribution in [1.82, 2.24) is 5.32 Å². The molecule has 3 N–H and O–H groups in total. The largest absolute Gasteiger partial charge is 0.493 e. The molecule has 0 unspecified atom stereocenters. The van der Waals surface area contributed by atoms with E-state index in [9.17, 15) is 4.79 Å². The van der Waals surface area contributed by atoms with Crippen LogP contribution in [0.2, 0.25) is 0 Å². The predicted octanol–water partition coefficient (Wildman–Crippen LogP) is 1.20. The summed E-state index contributed by atoms with van der Waals surface area (Å²) >= 11 is 0. The highest BCUT2D eigenvalue weighted by atomic mass is 16.5. The lowest BCUT2D eigenvalue weighted by Crippen LogP contribution is -2.42. The van der Waals surface area contributed by atoms with Crippen LogP contribution in [-0.2, 0) is 11.3 Å². The molecule has 1 aromatic carbocycles. The van der Waals surface area contributed by atoms with Crippen molar-refractivity contribution in [3.8, 4) is 11.5 Å². The monoisotopic (exact) mass is 264 g/mol. The van der Waals surface area contributed by atoms with E-state index in [1.807, 2.05) is 25.1 Å². The third kappa shape index (κ3) is 2.98. The van der Waals surface area contributed by atoms with Gasteiger partial charge >= 0.3 is 0 Å². The van der Waals surface area contributed by atoms with Gasteiger partial charge < -0.3 is 20.5 Å². The van der Waals surface area contributed by atoms with Crippen LogP contribution in [0.5, 0.6) is 11.5 Å². The summed E-state index contributed by atoms with van der Waals surface area (Å²) in [7, 11) is 1.60. The maximum Gasteiger partial charge on any atom is 0.240 e. The molecule has 1 aliphatic carbocycles. The first-order valence-electron chi connectivity index (χ1n) is 6.46. The molecule has 1 amide bonds. The molecule has 1 fully saturated rings. The van der Waals surface area contributed by atoms with Crippen molar-refractivity contribution < 1.29 is 14.3 Å². The summed E-state index contributed by atoms with van der Waals surface area (Å²) in [6.45, 7) is 2.85. The lowest BCUT2D eigenvalue weighted by atomic mass is 10.1. The molecular weight excluding hydrogens is 244 g/mol. The number of methoxy groups -OCH3 is 1. The molecule has 104 valence electrons. The fourth-order valence-corrected chi connectivity index (χ4v) is 1.88. The van der Waals surface area contributed by atoms with E-state index in [1.54, 1.807) is 7.11 Å². The average molecular weight is 264 g/mol. The van der Waals surface area contributed by atoms with Gasteiger partial charge in [0.25, 0.3) is 0 Å². The zero-order valence-electron chi connectivity index (χ0n) is 11.4. The van der Waals surface area contributed by atoms with Gasteiger partial charge in [0.2, 0.25) is 5.91 Å². The number of hydrogen-bond acceptors (Lipinski definition) is 4. The molecule has 0 heterocycles. The summed E-state index contributed by atoms with van der Waals surface area (Å²) in [5.41, 5.74) is 6.08. The number of benzene rings is 1. The number of amides is 1. The van der Waals surface area contributed by atoms with Crippen LogP contribution in [0.4, 0.5) is 0 Å². The number of nitrogens with one attached hydrogen (secondary N) is 1. The Balaban J connectivity index is 2.08. The van der Waals surface area contributed by atoms with Crippen LogP contribution in [-0.4, -0.2) is 25.2 Å². The van der Waals surface area contributed by atoms with Crippen LogP contribution < -0.4 is 20.5 Å². The molecule has 1 aromatic rings. The van der Waals surface area contributed by atoms with E-state index >= 15 is 0 Å². The summed E-state index contributed by atoms with van der Waals surface area (Å²) in [6.07, 6.45) is 1.52. The Morgan fingerprint density at radius 2 is 2.21 bits per heavy atom. The number of para-hydroxylation sites is 1. The van der Waals surface area contributed by atoms with Gasteiger partial charge in [0.05, 0.1) is 19.3 Å². The second-order valence-corrected chi connectivity index (χ2v) is 4.72. The molecular formula is C14H20N2O3. The van der Waals surface area contributed by atoms with Gasteiger partial charge in [-0.2, -0.15) is 0 Å². The molecule has 0 aromatic heterocycles. The third-order valence-corrected chi connectivity index (χ3v) is 3.25. The maximum atomic E-state index is 11.8. The Morgan fingerprint density at radius 1 is 1.47 bits per heavy atom. The number of carbonyl (C=O) groups excluding carboxylic acids is 1. The molecule has 0 atom stereocenters. The van der Waals surface area contributed by atoms with Crippen molar-refractivity contribution in [3.05, 3.63) is 23.8 Å². The number of hydrogen-bond donors (Lipinski definition) is 2. The van der Waals surface area contributed by atoms with E-state index in [-0.39, 0.29) is 5.91 Å². The van der Waals surface area contributed by atoms with Crippen LogP contribution in [0.15, 0.2) is 18.2 Å². The average Bonchev–Trinajstić information content (AvgIpc) is 3.16. The molecule has 5 nitrogen and oxygen atoms in total. The zero-order chi connectivity index (χ0) is 13.9. The molecule has 19 heavy (non-hydrogen) atoms. The minimum Gasteiger partial charge on any atom is -0.493 e. The van der Waals surface area contributed by atoms with Crippen molar-refractivity contribution in [3.63, 3.8) is 0 Å². The highest BCUT2D eigenvalue weighted by Crippen LogP contribution is 2.33. The lowest BCUT2D eigenvalue weighted by Gasteiger charge is -2.15. The zero-order valence-corrected chi connectivity index (χ0v) is 11.4. The standard InChI is InChI=1S/C14H20N2O3/c1-3-19-12-10(5-4-6-11(12)18-2)9-16-13(17)14(15)7-8-14/h4-6H,3,7-9,15H2,1-2H3,(H,16,17). The molecule has 0 radical (unpaired) electrons. The third-order valence-electron chi connectivity index (χ3n) is 3.25. The molecule has 5 heteroatoms. The Bertz CT molecular complexity index is 470. The Labute approximate surface area is 113 Å². The van der Waals surface area contributed by atoms with Gasteiger partial charge in [0, 0.05) is 12.1 Å². The molecule has 0 spiro atoms. The highest BCUT2D eigenvalue weighted by Gasteiger charge is 2.45. The molecule has 2 rings (SSSR count). The minimum atomic E-state index is -0.648. The van der Waals surface area contributed by atoms with Gasteiger partial charge in [-0.15, -0.1) is 0 Å². The van der Waals surface area contributed by atoms with Crippen LogP contribution in [0.1, 0.15) is 25.3 Å². The first kappa shape index (κ1) is 13.7. The van der Waals surface area contributed by atoms with Gasteiger partial charge in [0.15, 0.2) is 11.5 Å². The minimum absolute atomic E-state index is 0.0993. The van der Waals surface area contributed by atoms with Crippen molar-refractivity contribution in [2.45, 2.75) is 31.8 Å². The van der Waals surface area contributed by atoms with Crippen molar-refractivity contribution in [1.29, 1.82) is 0 Å². The summed E-state index contributed by atoms with van der Waals surface area (Å²) < 4.78 is 10.8. The predicted molar refractivity (Wildman–Crippen MR) is 72.2 cm³/mol. The maximum absolute atomic E-state index is 11.8. The van der Waals surface area contributed by atoms with Crippen molar-refractivity contribution in [2.24, 2.45) is 5.73 Å². The second kappa shape index (κ2) is 5.48.